The van der Waals surface area contributed by atoms with E-state index in [2.05, 4.69) is 20.3 Å². The fourth-order valence-electron chi connectivity index (χ4n) is 7.91. The molecule has 4 fully saturated rings. The van der Waals surface area contributed by atoms with Gasteiger partial charge in [-0.3, -0.25) is 4.90 Å². The summed E-state index contributed by atoms with van der Waals surface area (Å²) in [4.78, 5) is 16.4. The molecule has 46 heavy (non-hydrogen) atoms. The van der Waals surface area contributed by atoms with E-state index in [-0.39, 0.29) is 47.8 Å². The van der Waals surface area contributed by atoms with Crippen LogP contribution in [0.2, 0.25) is 0 Å². The fraction of sp³-hybridized carbons (Fsp3) is 0.552. The van der Waals surface area contributed by atoms with E-state index in [0.29, 0.717) is 25.6 Å². The van der Waals surface area contributed by atoms with Crippen LogP contribution in [-0.4, -0.2) is 81.8 Å². The first kappa shape index (κ1) is 29.7. The standard InChI is InChI=1S/C29H27F8N7O2/c1-11-23-15-3-2-12(39-15)7-44(23)24-16-22(41-26(42-24)45-10-27-4-5-43(27)9-28(33,34)8-27)20(32)21(40-25(16)46-11)13-6-14(38)18(30)19(31)17(13)29(35,36)37/h6,11-12,15,23,39H,2-5,7-10,38H2,1H3/t11-,12+,15-,23+,27?/m0/s1. The second kappa shape index (κ2) is 9.65. The molecule has 246 valence electrons. The van der Waals surface area contributed by atoms with E-state index < -0.39 is 82.2 Å². The third-order valence-corrected chi connectivity index (χ3v) is 10.00. The molecule has 3 N–H and O–H groups in total. The molecule has 0 amide bonds. The van der Waals surface area contributed by atoms with Crippen molar-refractivity contribution < 1.29 is 44.6 Å². The van der Waals surface area contributed by atoms with Gasteiger partial charge >= 0.3 is 12.2 Å². The third kappa shape index (κ3) is 4.29. The van der Waals surface area contributed by atoms with Crippen molar-refractivity contribution in [3.05, 3.63) is 29.1 Å². The molecule has 0 radical (unpaired) electrons. The summed E-state index contributed by atoms with van der Waals surface area (Å²) < 4.78 is 129. The lowest BCUT2D eigenvalue weighted by atomic mass is 9.85. The minimum atomic E-state index is -5.47. The number of pyridine rings is 1. The first-order valence-electron chi connectivity index (χ1n) is 14.9. The predicted molar refractivity (Wildman–Crippen MR) is 147 cm³/mol. The van der Waals surface area contributed by atoms with Crippen LogP contribution in [0.25, 0.3) is 22.2 Å². The van der Waals surface area contributed by atoms with E-state index in [1.54, 1.807) is 11.8 Å². The number of rotatable bonds is 4. The zero-order valence-corrected chi connectivity index (χ0v) is 24.2. The topological polar surface area (TPSA) is 102 Å². The summed E-state index contributed by atoms with van der Waals surface area (Å²) in [5.74, 6) is -8.75. The van der Waals surface area contributed by atoms with Crippen LogP contribution in [-0.2, 0) is 6.18 Å². The molecular weight excluding hydrogens is 630 g/mol. The van der Waals surface area contributed by atoms with Crippen molar-refractivity contribution in [1.29, 1.82) is 0 Å². The number of hydrogen-bond donors (Lipinski definition) is 2. The molecule has 5 aliphatic rings. The van der Waals surface area contributed by atoms with Crippen LogP contribution in [0.15, 0.2) is 6.07 Å². The van der Waals surface area contributed by atoms with Gasteiger partial charge in [-0.1, -0.05) is 0 Å². The van der Waals surface area contributed by atoms with Gasteiger partial charge in [-0.25, -0.2) is 26.9 Å². The van der Waals surface area contributed by atoms with Gasteiger partial charge in [0.25, 0.3) is 5.92 Å². The van der Waals surface area contributed by atoms with Crippen molar-refractivity contribution in [3.8, 4) is 23.1 Å². The van der Waals surface area contributed by atoms with Gasteiger partial charge in [0.1, 0.15) is 40.7 Å². The quantitative estimate of drug-likeness (QED) is 0.307. The summed E-state index contributed by atoms with van der Waals surface area (Å²) >= 11 is 0. The molecule has 2 aromatic heterocycles. The van der Waals surface area contributed by atoms with Crippen LogP contribution >= 0.6 is 0 Å². The van der Waals surface area contributed by atoms with Gasteiger partial charge in [0, 0.05) is 37.2 Å². The van der Waals surface area contributed by atoms with Gasteiger partial charge < -0.3 is 25.4 Å². The van der Waals surface area contributed by atoms with Crippen LogP contribution < -0.4 is 25.4 Å². The van der Waals surface area contributed by atoms with Gasteiger partial charge in [0.15, 0.2) is 17.5 Å². The highest BCUT2D eigenvalue weighted by molar-refractivity contribution is 5.97. The molecule has 4 saturated heterocycles. The maximum absolute atomic E-state index is 16.6. The van der Waals surface area contributed by atoms with Gasteiger partial charge in [-0.2, -0.15) is 23.1 Å². The molecule has 5 aliphatic heterocycles. The molecule has 1 unspecified atom stereocenters. The molecule has 17 heteroatoms. The molecule has 3 aromatic rings. The number of fused-ring (bicyclic) bond motifs is 6. The summed E-state index contributed by atoms with van der Waals surface area (Å²) in [6, 6.07) is -0.316. The number of alkyl halides is 5. The van der Waals surface area contributed by atoms with Gasteiger partial charge in [0.2, 0.25) is 5.88 Å². The second-order valence-electron chi connectivity index (χ2n) is 12.9. The SMILES string of the molecule is C[C@@H]1Oc2nc(-c3cc(N)c(F)c(F)c3C(F)(F)F)c(F)c3nc(OCC45CCN4CC(F)(F)C5)nc(c23)N2C[C@H]3CC[C@H](N3)[C@@H]12. The van der Waals surface area contributed by atoms with Crippen molar-refractivity contribution in [1.82, 2.24) is 25.2 Å². The summed E-state index contributed by atoms with van der Waals surface area (Å²) in [6.45, 7) is 1.94. The Morgan fingerprint density at radius 3 is 2.59 bits per heavy atom. The average molecular weight is 658 g/mol. The first-order valence-corrected chi connectivity index (χ1v) is 14.9. The summed E-state index contributed by atoms with van der Waals surface area (Å²) in [5.41, 5.74) is -1.30. The number of halogens is 8. The van der Waals surface area contributed by atoms with Crippen LogP contribution in [0.4, 0.5) is 46.6 Å². The highest BCUT2D eigenvalue weighted by Crippen LogP contribution is 2.49. The lowest BCUT2D eigenvalue weighted by molar-refractivity contribution is -0.139. The zero-order chi connectivity index (χ0) is 32.5. The van der Waals surface area contributed by atoms with E-state index >= 15 is 4.39 Å². The maximum atomic E-state index is 16.6. The van der Waals surface area contributed by atoms with E-state index in [1.165, 1.54) is 0 Å². The molecule has 2 bridgehead atoms. The number of benzene rings is 1. The predicted octanol–water partition coefficient (Wildman–Crippen LogP) is 4.66. The summed E-state index contributed by atoms with van der Waals surface area (Å²) in [7, 11) is 0. The van der Waals surface area contributed by atoms with Crippen molar-refractivity contribution in [3.63, 3.8) is 0 Å². The minimum absolute atomic E-state index is 0.0517. The fourth-order valence-corrected chi connectivity index (χ4v) is 7.91. The molecule has 1 aromatic carbocycles. The highest BCUT2D eigenvalue weighted by Gasteiger charge is 2.60. The number of nitrogens with one attached hydrogen (secondary N) is 1. The highest BCUT2D eigenvalue weighted by atomic mass is 19.4. The Morgan fingerprint density at radius 2 is 1.89 bits per heavy atom. The number of nitrogens with two attached hydrogens (primary N) is 1. The lowest BCUT2D eigenvalue weighted by Crippen LogP contribution is -2.62. The van der Waals surface area contributed by atoms with Crippen LogP contribution in [0.5, 0.6) is 11.9 Å². The van der Waals surface area contributed by atoms with E-state index in [0.717, 1.165) is 12.8 Å². The van der Waals surface area contributed by atoms with Gasteiger partial charge in [-0.15, -0.1) is 0 Å². The van der Waals surface area contributed by atoms with E-state index in [9.17, 15) is 30.7 Å². The summed E-state index contributed by atoms with van der Waals surface area (Å²) in [5, 5.41) is 3.46. The Morgan fingerprint density at radius 1 is 1.11 bits per heavy atom. The Labute approximate surface area is 256 Å². The Hall–Kier alpha value is -3.73. The Balaban J connectivity index is 1.33. The Kier molecular flexibility index (Phi) is 6.22. The van der Waals surface area contributed by atoms with Crippen LogP contribution in [0.3, 0.4) is 0 Å². The zero-order valence-electron chi connectivity index (χ0n) is 24.2. The van der Waals surface area contributed by atoms with Crippen molar-refractivity contribution in [2.24, 2.45) is 0 Å². The molecule has 9 nitrogen and oxygen atoms in total. The summed E-state index contributed by atoms with van der Waals surface area (Å²) in [6.07, 6.45) is -4.49. The molecule has 7 heterocycles. The number of anilines is 2. The largest absolute Gasteiger partial charge is 0.472 e. The maximum Gasteiger partial charge on any atom is 0.419 e. The third-order valence-electron chi connectivity index (χ3n) is 10.00. The van der Waals surface area contributed by atoms with E-state index in [4.69, 9.17) is 15.2 Å². The Bertz CT molecular complexity index is 1790. The second-order valence-corrected chi connectivity index (χ2v) is 12.9. The van der Waals surface area contributed by atoms with Gasteiger partial charge in [-0.05, 0) is 32.3 Å². The molecule has 0 spiro atoms. The smallest absolute Gasteiger partial charge is 0.419 e. The molecular formula is C29H27F8N7O2. The van der Waals surface area contributed by atoms with Crippen molar-refractivity contribution in [2.75, 3.05) is 36.9 Å². The number of aromatic nitrogens is 3. The van der Waals surface area contributed by atoms with E-state index in [1.807, 2.05) is 4.90 Å². The molecule has 0 aliphatic carbocycles. The minimum Gasteiger partial charge on any atom is -0.472 e. The molecule has 0 saturated carbocycles. The number of nitrogen functional groups attached to an aromatic ring is 1. The first-order chi connectivity index (χ1) is 21.7. The monoisotopic (exact) mass is 657 g/mol. The molecule has 5 atom stereocenters. The van der Waals surface area contributed by atoms with Crippen LogP contribution in [0, 0.1) is 17.5 Å². The van der Waals surface area contributed by atoms with Gasteiger partial charge in [0.05, 0.1) is 23.8 Å². The number of ether oxygens (including phenoxy) is 2. The normalized spacial score (nSPS) is 29.6. The number of piperazine rings is 1. The van der Waals surface area contributed by atoms with Crippen LogP contribution in [0.1, 0.15) is 38.2 Å². The average Bonchev–Trinajstić information content (AvgIpc) is 3.39. The molecule has 8 rings (SSSR count). The number of hydrogen-bond acceptors (Lipinski definition) is 9. The van der Waals surface area contributed by atoms with Crippen molar-refractivity contribution in [2.45, 2.75) is 74.5 Å². The van der Waals surface area contributed by atoms with Crippen molar-refractivity contribution >= 4 is 22.4 Å². The number of nitrogens with zero attached hydrogens (tertiary/aromatic N) is 5. The lowest BCUT2D eigenvalue weighted by Gasteiger charge is -2.46.